The van der Waals surface area contributed by atoms with Crippen LogP contribution in [-0.4, -0.2) is 0 Å². The Morgan fingerprint density at radius 1 is 0.750 bits per heavy atom. The third kappa shape index (κ3) is 36.9. The van der Waals surface area contributed by atoms with Crippen molar-refractivity contribution in [3.05, 3.63) is 78.9 Å². The monoisotopic (exact) mass is 332 g/mol. The van der Waals surface area contributed by atoms with E-state index in [4.69, 9.17) is 0 Å². The van der Waals surface area contributed by atoms with Crippen molar-refractivity contribution >= 4 is 6.08 Å². The first-order valence-corrected chi connectivity index (χ1v) is 9.36. The van der Waals surface area contributed by atoms with Gasteiger partial charge in [-0.1, -0.05) is 129 Å². The first-order valence-electron chi connectivity index (χ1n) is 9.36. The highest BCUT2D eigenvalue weighted by molar-refractivity contribution is 5.53. The van der Waals surface area contributed by atoms with Gasteiger partial charge in [-0.05, 0) is 25.0 Å². The molecule has 0 radical (unpaired) electrons. The highest BCUT2D eigenvalue weighted by Gasteiger charge is 1.82. The molecule has 1 aromatic carbocycles. The van der Waals surface area contributed by atoms with Gasteiger partial charge >= 0.3 is 0 Å². The average Bonchev–Trinajstić information content (AvgIpc) is 2.73. The minimum atomic E-state index is 0.929. The third-order valence-electron chi connectivity index (χ3n) is 1.88. The van der Waals surface area contributed by atoms with Crippen molar-refractivity contribution < 1.29 is 0 Å². The molecule has 0 heterocycles. The van der Waals surface area contributed by atoms with Crippen LogP contribution in [0.5, 0.6) is 0 Å². The van der Waals surface area contributed by atoms with Gasteiger partial charge in [-0.3, -0.25) is 0 Å². The van der Waals surface area contributed by atoms with Crippen molar-refractivity contribution in [3.8, 4) is 0 Å². The van der Waals surface area contributed by atoms with E-state index in [2.05, 4.69) is 13.2 Å². The van der Waals surface area contributed by atoms with Gasteiger partial charge in [0.1, 0.15) is 0 Å². The Morgan fingerprint density at radius 3 is 1.42 bits per heavy atom. The summed E-state index contributed by atoms with van der Waals surface area (Å²) in [5, 5.41) is 0. The zero-order valence-corrected chi connectivity index (χ0v) is 18.2. The van der Waals surface area contributed by atoms with Crippen LogP contribution >= 0.6 is 0 Å². The van der Waals surface area contributed by atoms with Crippen LogP contribution in [0.15, 0.2) is 73.4 Å². The smallest absolute Gasteiger partial charge is 0.0256 e. The maximum atomic E-state index is 3.78. The Morgan fingerprint density at radius 2 is 1.12 bits per heavy atom. The van der Waals surface area contributed by atoms with Gasteiger partial charge in [-0.25, -0.2) is 0 Å². The molecule has 0 aliphatic rings. The minimum absolute atomic E-state index is 0.929. The average molecular weight is 333 g/mol. The molecule has 0 aliphatic carbocycles. The molecule has 1 rings (SSSR count). The van der Waals surface area contributed by atoms with Crippen molar-refractivity contribution in [2.24, 2.45) is 0 Å². The lowest BCUT2D eigenvalue weighted by molar-refractivity contribution is 1.50. The Balaban J connectivity index is -0.0000000843. The fraction of sp³-hybridized carbons (Fsp3) is 0.417. The van der Waals surface area contributed by atoms with Crippen molar-refractivity contribution in [3.63, 3.8) is 0 Å². The number of rotatable bonds is 3. The summed E-state index contributed by atoms with van der Waals surface area (Å²) in [5.74, 6) is 0. The predicted octanol–water partition coefficient (Wildman–Crippen LogP) is 9.13. The highest BCUT2D eigenvalue weighted by atomic mass is 13.9. The van der Waals surface area contributed by atoms with E-state index in [9.17, 15) is 0 Å². The summed E-state index contributed by atoms with van der Waals surface area (Å²) in [7, 11) is 0. The zero-order chi connectivity index (χ0) is 20.2. The van der Waals surface area contributed by atoms with Gasteiger partial charge in [0.15, 0.2) is 0 Å². The largest absolute Gasteiger partial charge is 0.0985 e. The van der Waals surface area contributed by atoms with Gasteiger partial charge in [-0.15, -0.1) is 0 Å². The number of hydrogen-bond acceptors (Lipinski definition) is 0. The molecule has 0 bridgehead atoms. The summed E-state index contributed by atoms with van der Waals surface area (Å²) in [6.07, 6.45) is 9.70. The van der Waals surface area contributed by atoms with E-state index in [-0.39, 0.29) is 0 Å². The topological polar surface area (TPSA) is 0 Å². The maximum absolute atomic E-state index is 3.78. The van der Waals surface area contributed by atoms with Gasteiger partial charge in [-0.2, -0.15) is 0 Å². The van der Waals surface area contributed by atoms with E-state index in [0.717, 1.165) is 5.57 Å². The lowest BCUT2D eigenvalue weighted by Gasteiger charge is -1.90. The molecule has 0 aliphatic heterocycles. The molecule has 0 saturated carbocycles. The summed E-state index contributed by atoms with van der Waals surface area (Å²) in [6.45, 7) is 27.4. The molecule has 140 valence electrons. The Kier molecular flexibility index (Phi) is 60.3. The number of hydrogen-bond donors (Lipinski definition) is 0. The molecular formula is C24H44. The first-order chi connectivity index (χ1) is 11.7. The lowest BCUT2D eigenvalue weighted by Crippen LogP contribution is -1.69. The fourth-order valence-electron chi connectivity index (χ4n) is 0.835. The Hall–Kier alpha value is -1.82. The van der Waals surface area contributed by atoms with Crippen molar-refractivity contribution in [1.82, 2.24) is 0 Å². The van der Waals surface area contributed by atoms with Gasteiger partial charge in [0, 0.05) is 0 Å². The molecule has 0 heteroatoms. The second-order valence-electron chi connectivity index (χ2n) is 3.19. The molecule has 0 saturated heterocycles. The SMILES string of the molecule is C/C=C\C.C=CC(=C)/C=C/c1ccccc1.CC.CC.CC.CC. The molecule has 0 atom stereocenters. The van der Waals surface area contributed by atoms with Crippen LogP contribution < -0.4 is 0 Å². The molecular weight excluding hydrogens is 288 g/mol. The third-order valence-corrected chi connectivity index (χ3v) is 1.88. The second-order valence-corrected chi connectivity index (χ2v) is 3.19. The molecule has 0 fully saturated rings. The minimum Gasteiger partial charge on any atom is -0.0985 e. The molecule has 0 spiro atoms. The van der Waals surface area contributed by atoms with Crippen LogP contribution in [0.4, 0.5) is 0 Å². The van der Waals surface area contributed by atoms with E-state index in [1.807, 2.05) is 124 Å². The Bertz CT molecular complexity index is 349. The summed E-state index contributed by atoms with van der Waals surface area (Å²) < 4.78 is 0. The summed E-state index contributed by atoms with van der Waals surface area (Å²) >= 11 is 0. The lowest BCUT2D eigenvalue weighted by atomic mass is 10.2. The van der Waals surface area contributed by atoms with Crippen LogP contribution in [-0.2, 0) is 0 Å². The maximum Gasteiger partial charge on any atom is -0.0256 e. The number of allylic oxidation sites excluding steroid dienone is 5. The molecule has 0 aromatic heterocycles. The predicted molar refractivity (Wildman–Crippen MR) is 121 cm³/mol. The van der Waals surface area contributed by atoms with Crippen LogP contribution in [0.1, 0.15) is 74.8 Å². The van der Waals surface area contributed by atoms with E-state index >= 15 is 0 Å². The van der Waals surface area contributed by atoms with E-state index in [1.54, 1.807) is 6.08 Å². The highest BCUT2D eigenvalue weighted by Crippen LogP contribution is 2.03. The van der Waals surface area contributed by atoms with Gasteiger partial charge in [0.2, 0.25) is 0 Å². The van der Waals surface area contributed by atoms with E-state index in [0.29, 0.717) is 0 Å². The van der Waals surface area contributed by atoms with Crippen LogP contribution in [0.2, 0.25) is 0 Å². The molecule has 1 aromatic rings. The molecule has 0 unspecified atom stereocenters. The fourth-order valence-corrected chi connectivity index (χ4v) is 0.835. The van der Waals surface area contributed by atoms with Gasteiger partial charge in [0.25, 0.3) is 0 Å². The zero-order valence-electron chi connectivity index (χ0n) is 18.2. The standard InChI is InChI=1S/C12H12.C4H8.4C2H6/c1-3-11(2)9-10-12-7-5-4-6-8-12;1-3-4-2;4*1-2/h3-10H,1-2H2;3-4H,1-2H3;4*1-2H3/b10-9+;4-3-;;;;. The van der Waals surface area contributed by atoms with Crippen LogP contribution in [0.3, 0.4) is 0 Å². The normalized spacial score (nSPS) is 7.58. The summed E-state index contributed by atoms with van der Waals surface area (Å²) in [5.41, 5.74) is 2.11. The van der Waals surface area contributed by atoms with Crippen LogP contribution in [0, 0.1) is 0 Å². The van der Waals surface area contributed by atoms with Crippen molar-refractivity contribution in [2.75, 3.05) is 0 Å². The van der Waals surface area contributed by atoms with Gasteiger partial charge in [0.05, 0.1) is 0 Å². The Labute approximate surface area is 154 Å². The van der Waals surface area contributed by atoms with E-state index in [1.165, 1.54) is 5.56 Å². The summed E-state index contributed by atoms with van der Waals surface area (Å²) in [4.78, 5) is 0. The first kappa shape index (κ1) is 33.7. The second kappa shape index (κ2) is 42.9. The molecule has 24 heavy (non-hydrogen) atoms. The quantitative estimate of drug-likeness (QED) is 0.382. The van der Waals surface area contributed by atoms with Crippen molar-refractivity contribution in [1.29, 1.82) is 0 Å². The van der Waals surface area contributed by atoms with E-state index < -0.39 is 0 Å². The molecule has 0 nitrogen and oxygen atoms in total. The van der Waals surface area contributed by atoms with Crippen LogP contribution in [0.25, 0.3) is 6.08 Å². The summed E-state index contributed by atoms with van der Waals surface area (Å²) in [6, 6.07) is 10.1. The van der Waals surface area contributed by atoms with Gasteiger partial charge < -0.3 is 0 Å². The number of benzene rings is 1. The molecule has 0 amide bonds. The molecule has 0 N–H and O–H groups in total. The van der Waals surface area contributed by atoms with Crippen molar-refractivity contribution in [2.45, 2.75) is 69.2 Å².